The number of fused-ring (bicyclic) bond motifs is 1. The predicted molar refractivity (Wildman–Crippen MR) is 202 cm³/mol. The van der Waals surface area contributed by atoms with E-state index < -0.39 is 17.7 Å². The number of methoxy groups -OCH3 is 3. The molecule has 2 heterocycles. The van der Waals surface area contributed by atoms with Crippen molar-refractivity contribution in [3.63, 3.8) is 0 Å². The highest BCUT2D eigenvalue weighted by Gasteiger charge is 2.48. The lowest BCUT2D eigenvalue weighted by molar-refractivity contribution is -0.132. The van der Waals surface area contributed by atoms with Crippen LogP contribution in [0.5, 0.6) is 23.0 Å². The van der Waals surface area contributed by atoms with Crippen LogP contribution in [0.25, 0.3) is 16.5 Å². The SMILES string of the molecule is COc1ccc(C(O)=C2C(=O)C(=O)N(c3nnc(SCc4cccc5ccccc45)s3)[C@H]2c2ccc(OCc3ccccc3)c(OC)c2)cc1OC. The predicted octanol–water partition coefficient (Wildman–Crippen LogP) is 8.21. The molecular formula is C40H33N3O7S2. The fraction of sp³-hybridized carbons (Fsp3) is 0.150. The number of carbonyl (C=O) groups is 2. The number of anilines is 1. The van der Waals surface area contributed by atoms with Crippen molar-refractivity contribution < 1.29 is 33.6 Å². The smallest absolute Gasteiger partial charge is 0.301 e. The molecule has 0 aliphatic carbocycles. The van der Waals surface area contributed by atoms with Crippen molar-refractivity contribution in [1.82, 2.24) is 10.2 Å². The number of aromatic nitrogens is 2. The molecule has 7 rings (SSSR count). The topological polar surface area (TPSA) is 120 Å². The van der Waals surface area contributed by atoms with Crippen LogP contribution < -0.4 is 23.8 Å². The van der Waals surface area contributed by atoms with Crippen LogP contribution in [0.15, 0.2) is 119 Å². The van der Waals surface area contributed by atoms with Gasteiger partial charge in [0.2, 0.25) is 5.13 Å². The van der Waals surface area contributed by atoms with Crippen molar-refractivity contribution >= 4 is 56.5 Å². The normalized spacial score (nSPS) is 15.2. The zero-order chi connectivity index (χ0) is 36.2. The van der Waals surface area contributed by atoms with E-state index in [4.69, 9.17) is 18.9 Å². The van der Waals surface area contributed by atoms with Crippen molar-refractivity contribution in [2.75, 3.05) is 26.2 Å². The van der Waals surface area contributed by atoms with E-state index in [9.17, 15) is 14.7 Å². The number of hydrogen-bond donors (Lipinski definition) is 1. The lowest BCUT2D eigenvalue weighted by Gasteiger charge is -2.23. The summed E-state index contributed by atoms with van der Waals surface area (Å²) in [6.45, 7) is 0.304. The zero-order valence-corrected chi connectivity index (χ0v) is 30.1. The molecule has 1 saturated heterocycles. The molecule has 1 aliphatic heterocycles. The van der Waals surface area contributed by atoms with E-state index in [1.807, 2.05) is 48.5 Å². The summed E-state index contributed by atoms with van der Waals surface area (Å²) >= 11 is 2.68. The molecule has 0 unspecified atom stereocenters. The highest BCUT2D eigenvalue weighted by atomic mass is 32.2. The molecule has 0 bridgehead atoms. The van der Waals surface area contributed by atoms with Crippen molar-refractivity contribution in [2.24, 2.45) is 0 Å². The second-order valence-corrected chi connectivity index (χ2v) is 13.9. The van der Waals surface area contributed by atoms with Gasteiger partial charge >= 0.3 is 5.91 Å². The van der Waals surface area contributed by atoms with Gasteiger partial charge in [-0.1, -0.05) is 102 Å². The number of ether oxygens (including phenoxy) is 4. The first kappa shape index (κ1) is 34.6. The second-order valence-electron chi connectivity index (χ2n) is 11.7. The van der Waals surface area contributed by atoms with Crippen LogP contribution in [0.4, 0.5) is 5.13 Å². The van der Waals surface area contributed by atoms with Gasteiger partial charge in [-0.15, -0.1) is 10.2 Å². The summed E-state index contributed by atoms with van der Waals surface area (Å²) in [5.41, 5.74) is 2.74. The van der Waals surface area contributed by atoms with Crippen LogP contribution in [0.3, 0.4) is 0 Å². The Morgan fingerprint density at radius 1 is 0.788 bits per heavy atom. The number of hydrogen-bond acceptors (Lipinski definition) is 11. The maximum Gasteiger partial charge on any atom is 0.301 e. The Hall–Kier alpha value is -5.85. The number of aliphatic hydroxyl groups is 1. The van der Waals surface area contributed by atoms with Gasteiger partial charge in [0, 0.05) is 11.3 Å². The van der Waals surface area contributed by atoms with E-state index in [0.29, 0.717) is 45.3 Å². The average Bonchev–Trinajstić information content (AvgIpc) is 3.77. The first-order chi connectivity index (χ1) is 25.4. The molecule has 52 heavy (non-hydrogen) atoms. The summed E-state index contributed by atoms with van der Waals surface area (Å²) in [5, 5.41) is 23.0. The van der Waals surface area contributed by atoms with Crippen molar-refractivity contribution in [3.8, 4) is 23.0 Å². The number of aliphatic hydroxyl groups excluding tert-OH is 1. The quantitative estimate of drug-likeness (QED) is 0.0434. The van der Waals surface area contributed by atoms with E-state index in [2.05, 4.69) is 34.5 Å². The summed E-state index contributed by atoms with van der Waals surface area (Å²) in [6.07, 6.45) is 0. The van der Waals surface area contributed by atoms with E-state index in [1.165, 1.54) is 49.3 Å². The van der Waals surface area contributed by atoms with Crippen LogP contribution in [-0.4, -0.2) is 48.3 Å². The Morgan fingerprint density at radius 3 is 2.29 bits per heavy atom. The number of rotatable bonds is 12. The Balaban J connectivity index is 1.27. The van der Waals surface area contributed by atoms with Gasteiger partial charge in [-0.2, -0.15) is 0 Å². The molecule has 262 valence electrons. The van der Waals surface area contributed by atoms with Gasteiger partial charge in [-0.3, -0.25) is 14.5 Å². The summed E-state index contributed by atoms with van der Waals surface area (Å²) in [5.74, 6) is 0.149. The second kappa shape index (κ2) is 15.2. The van der Waals surface area contributed by atoms with Gasteiger partial charge in [-0.05, 0) is 57.8 Å². The molecule has 0 spiro atoms. The fourth-order valence-electron chi connectivity index (χ4n) is 6.11. The minimum absolute atomic E-state index is 0.127. The monoisotopic (exact) mass is 731 g/mol. The maximum atomic E-state index is 13.9. The molecular weight excluding hydrogens is 699 g/mol. The van der Waals surface area contributed by atoms with E-state index in [1.54, 1.807) is 36.4 Å². The lowest BCUT2D eigenvalue weighted by Crippen LogP contribution is -2.29. The molecule has 10 nitrogen and oxygen atoms in total. The maximum absolute atomic E-state index is 13.9. The molecule has 1 aromatic heterocycles. The van der Waals surface area contributed by atoms with Gasteiger partial charge in [0.25, 0.3) is 5.78 Å². The number of amides is 1. The van der Waals surface area contributed by atoms with E-state index >= 15 is 0 Å². The van der Waals surface area contributed by atoms with E-state index in [-0.39, 0.29) is 22.0 Å². The standard InChI is InChI=1S/C40H33N3O7S2/c1-47-30-18-17-27(21-32(30)48-2)36(44)34-35(26-16-19-31(33(20-26)49-3)50-22-24-10-5-4-6-11-24)43(38(46)37(34)45)39-41-42-40(52-39)51-23-28-14-9-13-25-12-7-8-15-29(25)28/h4-21,35,44H,22-23H2,1-3H3/t35-/m0/s1. The number of thioether (sulfide) groups is 1. The highest BCUT2D eigenvalue weighted by molar-refractivity contribution is 8.00. The Labute approximate surface area is 308 Å². The number of carbonyl (C=O) groups excluding carboxylic acids is 2. The molecule has 12 heteroatoms. The minimum atomic E-state index is -1.07. The highest BCUT2D eigenvalue weighted by Crippen LogP contribution is 2.46. The van der Waals surface area contributed by atoms with Crippen molar-refractivity contribution in [3.05, 3.63) is 137 Å². The van der Waals surface area contributed by atoms with Crippen molar-refractivity contribution in [1.29, 1.82) is 0 Å². The van der Waals surface area contributed by atoms with Crippen LogP contribution in [-0.2, 0) is 21.9 Å². The molecule has 0 saturated carbocycles. The summed E-state index contributed by atoms with van der Waals surface area (Å²) in [4.78, 5) is 29.1. The number of ketones is 1. The van der Waals surface area contributed by atoms with Gasteiger partial charge in [0.1, 0.15) is 12.4 Å². The molecule has 6 aromatic rings. The summed E-state index contributed by atoms with van der Waals surface area (Å²) in [6, 6.07) is 32.9. The van der Waals surface area contributed by atoms with Crippen molar-refractivity contribution in [2.45, 2.75) is 22.7 Å². The van der Waals surface area contributed by atoms with Crippen LogP contribution in [0, 0.1) is 0 Å². The molecule has 5 aromatic carbocycles. The number of nitrogens with zero attached hydrogens (tertiary/aromatic N) is 3. The lowest BCUT2D eigenvalue weighted by atomic mass is 9.95. The van der Waals surface area contributed by atoms with Crippen LogP contribution in [0.2, 0.25) is 0 Å². The van der Waals surface area contributed by atoms with Gasteiger partial charge in [0.15, 0.2) is 27.3 Å². The van der Waals surface area contributed by atoms with Crippen LogP contribution in [0.1, 0.15) is 28.3 Å². The summed E-state index contributed by atoms with van der Waals surface area (Å²) < 4.78 is 23.2. The van der Waals surface area contributed by atoms with Gasteiger partial charge in [-0.25, -0.2) is 0 Å². The third-order valence-electron chi connectivity index (χ3n) is 8.67. The fourth-order valence-corrected chi connectivity index (χ4v) is 7.98. The summed E-state index contributed by atoms with van der Waals surface area (Å²) in [7, 11) is 4.49. The van der Waals surface area contributed by atoms with Gasteiger partial charge < -0.3 is 24.1 Å². The Morgan fingerprint density at radius 2 is 1.50 bits per heavy atom. The third kappa shape index (κ3) is 6.78. The molecule has 0 radical (unpaired) electrons. The Kier molecular flexibility index (Phi) is 10.1. The zero-order valence-electron chi connectivity index (χ0n) is 28.4. The molecule has 1 aliphatic rings. The average molecular weight is 732 g/mol. The third-order valence-corrected chi connectivity index (χ3v) is 10.8. The van der Waals surface area contributed by atoms with Gasteiger partial charge in [0.05, 0.1) is 32.9 Å². The number of Topliss-reactive ketones (excluding diaryl/α,β-unsaturated/α-hetero) is 1. The number of benzene rings is 5. The Bertz CT molecular complexity index is 2300. The molecule has 1 amide bonds. The largest absolute Gasteiger partial charge is 0.507 e. The van der Waals surface area contributed by atoms with Crippen LogP contribution >= 0.6 is 23.1 Å². The first-order valence-corrected chi connectivity index (χ1v) is 18.0. The van der Waals surface area contributed by atoms with E-state index in [0.717, 1.165) is 21.9 Å². The minimum Gasteiger partial charge on any atom is -0.507 e. The first-order valence-electron chi connectivity index (χ1n) is 16.2. The molecule has 1 fully saturated rings. The molecule has 1 N–H and O–H groups in total. The molecule has 1 atom stereocenters.